The van der Waals surface area contributed by atoms with E-state index in [1.807, 2.05) is 48.2 Å². The Morgan fingerprint density at radius 3 is 2.85 bits per heavy atom. The highest BCUT2D eigenvalue weighted by molar-refractivity contribution is 5.77. The third kappa shape index (κ3) is 3.37. The molecule has 0 unspecified atom stereocenters. The summed E-state index contributed by atoms with van der Waals surface area (Å²) in [6.45, 7) is 2.62. The van der Waals surface area contributed by atoms with Crippen LogP contribution in [0.1, 0.15) is 42.6 Å². The summed E-state index contributed by atoms with van der Waals surface area (Å²) in [5.74, 6) is 1.85. The lowest BCUT2D eigenvalue weighted by Crippen LogP contribution is -2.30. The number of hydrogen-bond acceptors (Lipinski definition) is 6. The molecule has 1 amide bonds. The largest absolute Gasteiger partial charge is 0.359 e. The number of carbonyl (C=O) groups is 1. The fourth-order valence-electron chi connectivity index (χ4n) is 3.32. The zero-order chi connectivity index (χ0) is 17.9. The Labute approximate surface area is 151 Å². The molecule has 7 heteroatoms. The molecule has 2 aromatic heterocycles. The van der Waals surface area contributed by atoms with Crippen molar-refractivity contribution < 1.29 is 13.8 Å². The maximum absolute atomic E-state index is 12.7. The molecular weight excluding hydrogens is 332 g/mol. The van der Waals surface area contributed by atoms with Crippen LogP contribution in [0.2, 0.25) is 0 Å². The summed E-state index contributed by atoms with van der Waals surface area (Å²) >= 11 is 0. The van der Waals surface area contributed by atoms with Gasteiger partial charge in [0.25, 0.3) is 0 Å². The SMILES string of the molecule is Cc1cc([C@H]2CCCN2C(=O)CCc2nc(-c3ccccc3)no2)on1. The average Bonchev–Trinajstić information content (AvgIpc) is 3.40. The predicted molar refractivity (Wildman–Crippen MR) is 93.0 cm³/mol. The first-order valence-electron chi connectivity index (χ1n) is 8.81. The number of nitrogens with zero attached hydrogens (tertiary/aromatic N) is 4. The lowest BCUT2D eigenvalue weighted by Gasteiger charge is -2.22. The maximum Gasteiger partial charge on any atom is 0.227 e. The Morgan fingerprint density at radius 1 is 1.23 bits per heavy atom. The van der Waals surface area contributed by atoms with E-state index in [-0.39, 0.29) is 11.9 Å². The van der Waals surface area contributed by atoms with E-state index in [0.717, 1.165) is 36.4 Å². The van der Waals surface area contributed by atoms with Crippen molar-refractivity contribution in [1.82, 2.24) is 20.2 Å². The van der Waals surface area contributed by atoms with Crippen LogP contribution in [0.3, 0.4) is 0 Å². The van der Waals surface area contributed by atoms with E-state index >= 15 is 0 Å². The lowest BCUT2D eigenvalue weighted by atomic mass is 10.1. The number of aryl methyl sites for hydroxylation is 2. The Balaban J connectivity index is 1.39. The third-order valence-electron chi connectivity index (χ3n) is 4.60. The number of carbonyl (C=O) groups excluding carboxylic acids is 1. The summed E-state index contributed by atoms with van der Waals surface area (Å²) in [6, 6.07) is 11.5. The van der Waals surface area contributed by atoms with Crippen LogP contribution in [0.4, 0.5) is 0 Å². The van der Waals surface area contributed by atoms with E-state index < -0.39 is 0 Å². The third-order valence-corrected chi connectivity index (χ3v) is 4.60. The van der Waals surface area contributed by atoms with E-state index in [9.17, 15) is 4.79 Å². The van der Waals surface area contributed by atoms with Gasteiger partial charge in [-0.2, -0.15) is 4.98 Å². The summed E-state index contributed by atoms with van der Waals surface area (Å²) in [5.41, 5.74) is 1.73. The molecule has 1 saturated heterocycles. The van der Waals surface area contributed by atoms with Gasteiger partial charge in [0.2, 0.25) is 17.6 Å². The quantitative estimate of drug-likeness (QED) is 0.700. The van der Waals surface area contributed by atoms with Crippen molar-refractivity contribution in [3.05, 3.63) is 53.7 Å². The monoisotopic (exact) mass is 352 g/mol. The summed E-state index contributed by atoms with van der Waals surface area (Å²) in [4.78, 5) is 18.9. The van der Waals surface area contributed by atoms with Crippen LogP contribution in [0.15, 0.2) is 45.4 Å². The van der Waals surface area contributed by atoms with Gasteiger partial charge < -0.3 is 13.9 Å². The smallest absolute Gasteiger partial charge is 0.227 e. The van der Waals surface area contributed by atoms with E-state index in [1.165, 1.54) is 0 Å². The van der Waals surface area contributed by atoms with Gasteiger partial charge in [-0.25, -0.2) is 0 Å². The number of amides is 1. The molecule has 0 spiro atoms. The molecule has 4 rings (SSSR count). The van der Waals surface area contributed by atoms with Crippen LogP contribution >= 0.6 is 0 Å². The zero-order valence-corrected chi connectivity index (χ0v) is 14.6. The van der Waals surface area contributed by atoms with Gasteiger partial charge in [-0.15, -0.1) is 0 Å². The summed E-state index contributed by atoms with van der Waals surface area (Å²) in [5, 5.41) is 7.93. The topological polar surface area (TPSA) is 85.3 Å². The van der Waals surface area contributed by atoms with Crippen LogP contribution < -0.4 is 0 Å². The summed E-state index contributed by atoms with van der Waals surface area (Å²) in [7, 11) is 0. The van der Waals surface area contributed by atoms with Gasteiger partial charge in [-0.3, -0.25) is 4.79 Å². The van der Waals surface area contributed by atoms with Crippen molar-refractivity contribution in [3.63, 3.8) is 0 Å². The number of rotatable bonds is 5. The normalized spacial score (nSPS) is 17.0. The molecule has 0 bridgehead atoms. The molecule has 134 valence electrons. The van der Waals surface area contributed by atoms with Crippen molar-refractivity contribution in [2.24, 2.45) is 0 Å². The molecule has 1 atom stereocenters. The van der Waals surface area contributed by atoms with E-state index in [1.54, 1.807) is 0 Å². The molecule has 0 radical (unpaired) electrons. The van der Waals surface area contributed by atoms with Crippen molar-refractivity contribution in [1.29, 1.82) is 0 Å². The van der Waals surface area contributed by atoms with Crippen molar-refractivity contribution >= 4 is 5.91 Å². The van der Waals surface area contributed by atoms with Gasteiger partial charge >= 0.3 is 0 Å². The second-order valence-corrected chi connectivity index (χ2v) is 6.49. The van der Waals surface area contributed by atoms with Crippen molar-refractivity contribution in [2.75, 3.05) is 6.54 Å². The Bertz CT molecular complexity index is 887. The molecular formula is C19H20N4O3. The minimum atomic E-state index is -0.0220. The van der Waals surface area contributed by atoms with Gasteiger partial charge in [-0.05, 0) is 19.8 Å². The first kappa shape index (κ1) is 16.5. The Hall–Kier alpha value is -2.96. The number of likely N-dealkylation sites (tertiary alicyclic amines) is 1. The van der Waals surface area contributed by atoms with Crippen LogP contribution in [0, 0.1) is 6.92 Å². The molecule has 0 aliphatic carbocycles. The van der Waals surface area contributed by atoms with Gasteiger partial charge in [0.15, 0.2) is 5.76 Å². The van der Waals surface area contributed by atoms with E-state index in [4.69, 9.17) is 9.05 Å². The van der Waals surface area contributed by atoms with Gasteiger partial charge in [-0.1, -0.05) is 40.6 Å². The van der Waals surface area contributed by atoms with Gasteiger partial charge in [0, 0.05) is 31.0 Å². The van der Waals surface area contributed by atoms with Crippen LogP contribution in [-0.4, -0.2) is 32.6 Å². The Morgan fingerprint density at radius 2 is 2.08 bits per heavy atom. The number of benzene rings is 1. The molecule has 1 aromatic carbocycles. The number of aromatic nitrogens is 3. The second kappa shape index (κ2) is 7.11. The summed E-state index contributed by atoms with van der Waals surface area (Å²) in [6.07, 6.45) is 2.63. The predicted octanol–water partition coefficient (Wildman–Crippen LogP) is 3.33. The average molecular weight is 352 g/mol. The zero-order valence-electron chi connectivity index (χ0n) is 14.6. The van der Waals surface area contributed by atoms with Gasteiger partial charge in [0.05, 0.1) is 11.7 Å². The van der Waals surface area contributed by atoms with Crippen LogP contribution in [-0.2, 0) is 11.2 Å². The first-order valence-corrected chi connectivity index (χ1v) is 8.81. The molecule has 1 aliphatic rings. The molecule has 1 aliphatic heterocycles. The fourth-order valence-corrected chi connectivity index (χ4v) is 3.32. The highest BCUT2D eigenvalue weighted by atomic mass is 16.5. The lowest BCUT2D eigenvalue weighted by molar-refractivity contribution is -0.132. The first-order chi connectivity index (χ1) is 12.7. The molecule has 0 saturated carbocycles. The number of hydrogen-bond donors (Lipinski definition) is 0. The highest BCUT2D eigenvalue weighted by Crippen LogP contribution is 2.32. The second-order valence-electron chi connectivity index (χ2n) is 6.49. The molecule has 3 aromatic rings. The fraction of sp³-hybridized carbons (Fsp3) is 0.368. The van der Waals surface area contributed by atoms with Crippen molar-refractivity contribution in [3.8, 4) is 11.4 Å². The Kier molecular flexibility index (Phi) is 4.51. The molecule has 7 nitrogen and oxygen atoms in total. The van der Waals surface area contributed by atoms with Gasteiger partial charge in [0.1, 0.15) is 0 Å². The summed E-state index contributed by atoms with van der Waals surface area (Å²) < 4.78 is 10.6. The van der Waals surface area contributed by atoms with E-state index in [2.05, 4.69) is 15.3 Å². The minimum absolute atomic E-state index is 0.0220. The standard InChI is InChI=1S/C19H20N4O3/c1-13-12-16(25-21-13)15-8-5-11-23(15)18(24)10-9-17-20-19(22-26-17)14-6-3-2-4-7-14/h2-4,6-7,12,15H,5,8-11H2,1H3/t15-/m1/s1. The molecule has 0 N–H and O–H groups in total. The maximum atomic E-state index is 12.7. The van der Waals surface area contributed by atoms with E-state index in [0.29, 0.717) is 24.6 Å². The molecule has 3 heterocycles. The van der Waals surface area contributed by atoms with Crippen molar-refractivity contribution in [2.45, 2.75) is 38.6 Å². The molecule has 1 fully saturated rings. The minimum Gasteiger partial charge on any atom is -0.359 e. The highest BCUT2D eigenvalue weighted by Gasteiger charge is 2.32. The van der Waals surface area contributed by atoms with Crippen LogP contribution in [0.25, 0.3) is 11.4 Å². The van der Waals surface area contributed by atoms with Crippen LogP contribution in [0.5, 0.6) is 0 Å². The molecule has 26 heavy (non-hydrogen) atoms.